The first-order valence-electron chi connectivity index (χ1n) is 2.79. The highest BCUT2D eigenvalue weighted by Gasteiger charge is 2.28. The molecular formula is C6H8N2O. The van der Waals surface area contributed by atoms with Crippen LogP contribution in [0.4, 0.5) is 0 Å². The van der Waals surface area contributed by atoms with Crippen LogP contribution >= 0.6 is 0 Å². The normalized spacial score (nSPS) is 22.1. The van der Waals surface area contributed by atoms with E-state index in [1.807, 2.05) is 19.9 Å². The van der Waals surface area contributed by atoms with E-state index in [-0.39, 0.29) is 5.60 Å². The van der Waals surface area contributed by atoms with Crippen LogP contribution in [0.3, 0.4) is 0 Å². The van der Waals surface area contributed by atoms with Crippen molar-refractivity contribution in [2.75, 3.05) is 0 Å². The third-order valence-corrected chi connectivity index (χ3v) is 1.13. The molecule has 0 aromatic heterocycles. The molecule has 1 rings (SSSR count). The van der Waals surface area contributed by atoms with Crippen LogP contribution in [0, 0.1) is 11.3 Å². The van der Waals surface area contributed by atoms with Crippen LogP contribution in [0.2, 0.25) is 0 Å². The predicted molar refractivity (Wildman–Crippen MR) is 32.8 cm³/mol. The monoisotopic (exact) mass is 124 g/mol. The number of hydrogen-bond donors (Lipinski definition) is 0. The Hall–Kier alpha value is -1.04. The Morgan fingerprint density at radius 1 is 1.78 bits per heavy atom. The van der Waals surface area contributed by atoms with E-state index in [0.717, 1.165) is 0 Å². The van der Waals surface area contributed by atoms with Crippen molar-refractivity contribution in [1.82, 2.24) is 0 Å². The third-order valence-electron chi connectivity index (χ3n) is 1.13. The molecule has 3 heteroatoms. The molecule has 9 heavy (non-hydrogen) atoms. The van der Waals surface area contributed by atoms with Gasteiger partial charge in [0.1, 0.15) is 11.7 Å². The first-order chi connectivity index (χ1) is 4.14. The Kier molecular flexibility index (Phi) is 1.17. The van der Waals surface area contributed by atoms with E-state index in [1.54, 1.807) is 0 Å². The molecule has 0 fully saturated rings. The molecule has 1 aliphatic heterocycles. The van der Waals surface area contributed by atoms with Gasteiger partial charge in [0.05, 0.1) is 0 Å². The molecule has 0 spiro atoms. The number of hydrogen-bond acceptors (Lipinski definition) is 3. The van der Waals surface area contributed by atoms with Gasteiger partial charge >= 0.3 is 0 Å². The van der Waals surface area contributed by atoms with Gasteiger partial charge in [0.25, 0.3) is 0 Å². The van der Waals surface area contributed by atoms with Crippen LogP contribution in [0.1, 0.15) is 20.3 Å². The van der Waals surface area contributed by atoms with E-state index in [2.05, 4.69) is 5.16 Å². The molecule has 3 nitrogen and oxygen atoms in total. The average molecular weight is 124 g/mol. The van der Waals surface area contributed by atoms with E-state index >= 15 is 0 Å². The second-order valence-electron chi connectivity index (χ2n) is 2.68. The van der Waals surface area contributed by atoms with Crippen LogP contribution in [-0.2, 0) is 4.84 Å². The Bertz CT molecular complexity index is 188. The Morgan fingerprint density at radius 2 is 2.44 bits per heavy atom. The number of nitrogens with zero attached hydrogens (tertiary/aromatic N) is 2. The zero-order valence-electron chi connectivity index (χ0n) is 5.51. The van der Waals surface area contributed by atoms with Crippen molar-refractivity contribution in [2.45, 2.75) is 25.9 Å². The lowest BCUT2D eigenvalue weighted by Gasteiger charge is -2.12. The molecule has 0 saturated carbocycles. The first-order valence-corrected chi connectivity index (χ1v) is 2.79. The summed E-state index contributed by atoms with van der Waals surface area (Å²) in [4.78, 5) is 4.91. The van der Waals surface area contributed by atoms with E-state index in [4.69, 9.17) is 10.1 Å². The summed E-state index contributed by atoms with van der Waals surface area (Å²) in [6.07, 6.45) is 0.628. The molecule has 0 amide bonds. The molecule has 0 aromatic rings. The van der Waals surface area contributed by atoms with Crippen molar-refractivity contribution in [3.8, 4) is 6.07 Å². The van der Waals surface area contributed by atoms with Gasteiger partial charge in [-0.05, 0) is 13.8 Å². The van der Waals surface area contributed by atoms with Crippen molar-refractivity contribution < 1.29 is 4.84 Å². The van der Waals surface area contributed by atoms with Gasteiger partial charge in [-0.2, -0.15) is 5.26 Å². The van der Waals surface area contributed by atoms with Gasteiger partial charge in [0, 0.05) is 6.42 Å². The molecule has 0 aliphatic carbocycles. The van der Waals surface area contributed by atoms with Gasteiger partial charge in [-0.15, -0.1) is 0 Å². The van der Waals surface area contributed by atoms with Crippen LogP contribution in [0.15, 0.2) is 5.16 Å². The molecule has 1 aliphatic rings. The fraction of sp³-hybridized carbons (Fsp3) is 0.667. The van der Waals surface area contributed by atoms with Gasteiger partial charge in [0.15, 0.2) is 5.71 Å². The maximum Gasteiger partial charge on any atom is 0.161 e. The lowest BCUT2D eigenvalue weighted by atomic mass is 10.0. The standard InChI is InChI=1S/C6H8N2O/c1-6(2)3-5(4-7)8-9-6/h3H2,1-2H3. The second kappa shape index (κ2) is 1.73. The van der Waals surface area contributed by atoms with Gasteiger partial charge < -0.3 is 4.84 Å². The minimum absolute atomic E-state index is 0.259. The first kappa shape index (κ1) is 6.09. The zero-order chi connectivity index (χ0) is 6.91. The van der Waals surface area contributed by atoms with Crippen LogP contribution in [0.25, 0.3) is 0 Å². The number of oxime groups is 1. The number of rotatable bonds is 0. The lowest BCUT2D eigenvalue weighted by molar-refractivity contribution is 0.0123. The quantitative estimate of drug-likeness (QED) is 0.484. The third kappa shape index (κ3) is 1.20. The summed E-state index contributed by atoms with van der Waals surface area (Å²) < 4.78 is 0. The maximum atomic E-state index is 8.34. The minimum atomic E-state index is -0.259. The van der Waals surface area contributed by atoms with Crippen LogP contribution < -0.4 is 0 Å². The summed E-state index contributed by atoms with van der Waals surface area (Å²) >= 11 is 0. The molecule has 0 radical (unpaired) electrons. The smallest absolute Gasteiger partial charge is 0.161 e. The Labute approximate surface area is 53.9 Å². The van der Waals surface area contributed by atoms with Crippen molar-refractivity contribution in [3.05, 3.63) is 0 Å². The largest absolute Gasteiger partial charge is 0.389 e. The maximum absolute atomic E-state index is 8.34. The molecular weight excluding hydrogens is 116 g/mol. The highest BCUT2D eigenvalue weighted by atomic mass is 16.7. The van der Waals surface area contributed by atoms with Crippen LogP contribution in [0.5, 0.6) is 0 Å². The summed E-state index contributed by atoms with van der Waals surface area (Å²) in [5, 5.41) is 11.9. The Balaban J connectivity index is 2.63. The molecule has 0 bridgehead atoms. The van der Waals surface area contributed by atoms with Crippen molar-refractivity contribution in [3.63, 3.8) is 0 Å². The minimum Gasteiger partial charge on any atom is -0.389 e. The molecule has 0 saturated heterocycles. The van der Waals surface area contributed by atoms with Crippen molar-refractivity contribution in [2.24, 2.45) is 5.16 Å². The summed E-state index contributed by atoms with van der Waals surface area (Å²) in [6.45, 7) is 3.81. The summed E-state index contributed by atoms with van der Waals surface area (Å²) in [7, 11) is 0. The Morgan fingerprint density at radius 3 is 2.67 bits per heavy atom. The predicted octanol–water partition coefficient (Wildman–Crippen LogP) is 1.06. The molecule has 0 N–H and O–H groups in total. The second-order valence-corrected chi connectivity index (χ2v) is 2.68. The summed E-state index contributed by atoms with van der Waals surface area (Å²) in [5.74, 6) is 0. The van der Waals surface area contributed by atoms with Gasteiger partial charge in [-0.3, -0.25) is 0 Å². The molecule has 0 aromatic carbocycles. The number of nitriles is 1. The van der Waals surface area contributed by atoms with E-state index in [0.29, 0.717) is 12.1 Å². The lowest BCUT2D eigenvalue weighted by Crippen LogP contribution is -2.18. The van der Waals surface area contributed by atoms with Gasteiger partial charge in [-0.1, -0.05) is 5.16 Å². The fourth-order valence-electron chi connectivity index (χ4n) is 0.706. The zero-order valence-corrected chi connectivity index (χ0v) is 5.51. The SMILES string of the molecule is CC1(C)CC(C#N)=NO1. The highest BCUT2D eigenvalue weighted by molar-refractivity contribution is 5.99. The topological polar surface area (TPSA) is 45.4 Å². The van der Waals surface area contributed by atoms with Crippen LogP contribution in [-0.4, -0.2) is 11.3 Å². The summed E-state index contributed by atoms with van der Waals surface area (Å²) in [6, 6.07) is 1.94. The van der Waals surface area contributed by atoms with Gasteiger partial charge in [-0.25, -0.2) is 0 Å². The van der Waals surface area contributed by atoms with Crippen molar-refractivity contribution in [1.29, 1.82) is 5.26 Å². The van der Waals surface area contributed by atoms with Gasteiger partial charge in [0.2, 0.25) is 0 Å². The van der Waals surface area contributed by atoms with Crippen molar-refractivity contribution >= 4 is 5.71 Å². The van der Waals surface area contributed by atoms with E-state index in [9.17, 15) is 0 Å². The average Bonchev–Trinajstić information content (AvgIpc) is 2.10. The molecule has 0 unspecified atom stereocenters. The summed E-state index contributed by atoms with van der Waals surface area (Å²) in [5.41, 5.74) is 0.227. The molecule has 0 atom stereocenters. The molecule has 48 valence electrons. The van der Waals surface area contributed by atoms with E-state index in [1.165, 1.54) is 0 Å². The fourth-order valence-corrected chi connectivity index (χ4v) is 0.706. The molecule has 1 heterocycles. The highest BCUT2D eigenvalue weighted by Crippen LogP contribution is 2.21. The van der Waals surface area contributed by atoms with E-state index < -0.39 is 0 Å².